The maximum Gasteiger partial charge on any atom is 0.421 e. The molecule has 0 N–H and O–H groups in total. The number of hydrogen-bond acceptors (Lipinski definition) is 6. The molecule has 1 aromatic carbocycles. The van der Waals surface area contributed by atoms with E-state index in [9.17, 15) is 19.2 Å². The molecule has 3 rings (SSSR count). The van der Waals surface area contributed by atoms with Gasteiger partial charge in [0, 0.05) is 5.56 Å². The highest BCUT2D eigenvalue weighted by atomic mass is 16.6. The Bertz CT molecular complexity index is 869. The molecule has 0 bridgehead atoms. The minimum absolute atomic E-state index is 0.0849. The Labute approximate surface area is 149 Å². The van der Waals surface area contributed by atoms with E-state index in [2.05, 4.69) is 0 Å². The van der Waals surface area contributed by atoms with Crippen LogP contribution in [0.2, 0.25) is 0 Å². The number of ether oxygens (including phenoxy) is 2. The molecule has 134 valence electrons. The SMILES string of the molecule is CCOC(=O)C1=CC(=O)C=C[C@]12C(=O)N(C(=O)OCC)c1ccccc12. The fraction of sp³-hybridized carbons (Fsp3) is 0.263. The lowest BCUT2D eigenvalue weighted by atomic mass is 9.72. The van der Waals surface area contributed by atoms with E-state index in [4.69, 9.17) is 9.47 Å². The lowest BCUT2D eigenvalue weighted by Gasteiger charge is -2.28. The van der Waals surface area contributed by atoms with E-state index in [0.717, 1.165) is 11.0 Å². The minimum Gasteiger partial charge on any atom is -0.463 e. The summed E-state index contributed by atoms with van der Waals surface area (Å²) in [6, 6.07) is 6.59. The van der Waals surface area contributed by atoms with Crippen molar-refractivity contribution in [3.05, 3.63) is 53.6 Å². The zero-order chi connectivity index (χ0) is 18.9. The Morgan fingerprint density at radius 3 is 2.46 bits per heavy atom. The van der Waals surface area contributed by atoms with Gasteiger partial charge in [-0.3, -0.25) is 9.59 Å². The fourth-order valence-electron chi connectivity index (χ4n) is 3.22. The van der Waals surface area contributed by atoms with Crippen molar-refractivity contribution < 1.29 is 28.7 Å². The average Bonchev–Trinajstić information content (AvgIpc) is 2.87. The van der Waals surface area contributed by atoms with E-state index in [1.165, 1.54) is 12.2 Å². The number of imide groups is 1. The Morgan fingerprint density at radius 1 is 1.08 bits per heavy atom. The van der Waals surface area contributed by atoms with Crippen molar-refractivity contribution in [1.82, 2.24) is 0 Å². The van der Waals surface area contributed by atoms with Crippen LogP contribution in [0.1, 0.15) is 19.4 Å². The van der Waals surface area contributed by atoms with Crippen molar-refractivity contribution in [2.24, 2.45) is 0 Å². The van der Waals surface area contributed by atoms with Crippen molar-refractivity contribution in [3.8, 4) is 0 Å². The molecule has 1 spiro atoms. The van der Waals surface area contributed by atoms with Crippen molar-refractivity contribution in [2.45, 2.75) is 19.3 Å². The molecule has 1 aromatic rings. The summed E-state index contributed by atoms with van der Waals surface area (Å²) in [6.45, 7) is 3.43. The van der Waals surface area contributed by atoms with Gasteiger partial charge in [-0.1, -0.05) is 24.3 Å². The first-order valence-corrected chi connectivity index (χ1v) is 8.20. The summed E-state index contributed by atoms with van der Waals surface area (Å²) >= 11 is 0. The van der Waals surface area contributed by atoms with Gasteiger partial charge in [-0.05, 0) is 32.1 Å². The second-order valence-corrected chi connectivity index (χ2v) is 5.68. The number of carbonyl (C=O) groups is 4. The number of ketones is 1. The van der Waals surface area contributed by atoms with E-state index in [1.54, 1.807) is 38.1 Å². The Morgan fingerprint density at radius 2 is 1.77 bits per heavy atom. The van der Waals surface area contributed by atoms with Crippen LogP contribution in [0.25, 0.3) is 0 Å². The number of hydrogen-bond donors (Lipinski definition) is 0. The molecule has 0 aromatic heterocycles. The summed E-state index contributed by atoms with van der Waals surface area (Å²) in [7, 11) is 0. The third-order valence-electron chi connectivity index (χ3n) is 4.26. The summed E-state index contributed by atoms with van der Waals surface area (Å²) < 4.78 is 10.0. The van der Waals surface area contributed by atoms with E-state index in [1.807, 2.05) is 0 Å². The van der Waals surface area contributed by atoms with Crippen LogP contribution in [0.4, 0.5) is 10.5 Å². The molecule has 7 nitrogen and oxygen atoms in total. The first-order chi connectivity index (χ1) is 12.5. The van der Waals surface area contributed by atoms with Crippen LogP contribution in [-0.2, 0) is 29.3 Å². The number of para-hydroxylation sites is 1. The molecular weight excluding hydrogens is 338 g/mol. The average molecular weight is 355 g/mol. The normalized spacial score (nSPS) is 20.8. The second-order valence-electron chi connectivity index (χ2n) is 5.68. The number of esters is 1. The predicted octanol–water partition coefficient (Wildman–Crippen LogP) is 2.06. The predicted molar refractivity (Wildman–Crippen MR) is 91.5 cm³/mol. The molecule has 0 radical (unpaired) electrons. The molecule has 26 heavy (non-hydrogen) atoms. The van der Waals surface area contributed by atoms with E-state index < -0.39 is 29.2 Å². The summed E-state index contributed by atoms with van der Waals surface area (Å²) in [4.78, 5) is 50.9. The van der Waals surface area contributed by atoms with Crippen LogP contribution in [0, 0.1) is 0 Å². The van der Waals surface area contributed by atoms with Crippen LogP contribution < -0.4 is 4.90 Å². The van der Waals surface area contributed by atoms with Crippen molar-refractivity contribution in [2.75, 3.05) is 18.1 Å². The number of carbonyl (C=O) groups excluding carboxylic acids is 4. The molecule has 0 saturated carbocycles. The summed E-state index contributed by atoms with van der Waals surface area (Å²) in [6.07, 6.45) is 2.81. The standard InChI is InChI=1S/C19H17NO6/c1-3-25-16(22)14-11-12(21)9-10-19(14)13-7-5-6-8-15(13)20(17(19)23)18(24)26-4-2/h5-11H,3-4H2,1-2H3/t19-/m1/s1. The molecule has 7 heteroatoms. The number of fused-ring (bicyclic) bond motifs is 2. The fourth-order valence-corrected chi connectivity index (χ4v) is 3.22. The zero-order valence-corrected chi connectivity index (χ0v) is 14.4. The summed E-state index contributed by atoms with van der Waals surface area (Å²) in [5.41, 5.74) is -0.980. The van der Waals surface area contributed by atoms with Crippen molar-refractivity contribution >= 4 is 29.4 Å². The lowest BCUT2D eigenvalue weighted by molar-refractivity contribution is -0.140. The highest BCUT2D eigenvalue weighted by Crippen LogP contribution is 2.49. The molecule has 1 aliphatic heterocycles. The van der Waals surface area contributed by atoms with Crippen LogP contribution in [0.5, 0.6) is 0 Å². The quantitative estimate of drug-likeness (QED) is 0.771. The van der Waals surface area contributed by atoms with Gasteiger partial charge in [-0.15, -0.1) is 0 Å². The van der Waals surface area contributed by atoms with Gasteiger partial charge in [0.25, 0.3) is 5.91 Å². The van der Waals surface area contributed by atoms with Gasteiger partial charge in [-0.25, -0.2) is 14.5 Å². The largest absolute Gasteiger partial charge is 0.463 e. The third kappa shape index (κ3) is 2.44. The Hall–Kier alpha value is -3.22. The first kappa shape index (κ1) is 17.6. The van der Waals surface area contributed by atoms with Crippen LogP contribution in [-0.4, -0.2) is 37.0 Å². The maximum atomic E-state index is 13.3. The number of anilines is 1. The molecule has 1 atom stereocenters. The van der Waals surface area contributed by atoms with E-state index >= 15 is 0 Å². The number of amides is 2. The molecule has 2 amide bonds. The molecule has 0 unspecified atom stereocenters. The van der Waals surface area contributed by atoms with Crippen LogP contribution in [0.3, 0.4) is 0 Å². The molecule has 1 aliphatic carbocycles. The molecule has 0 saturated heterocycles. The number of allylic oxidation sites excluding steroid dienone is 2. The Balaban J connectivity index is 2.22. The second kappa shape index (κ2) is 6.59. The van der Waals surface area contributed by atoms with Gasteiger partial charge in [0.2, 0.25) is 0 Å². The topological polar surface area (TPSA) is 90.0 Å². The van der Waals surface area contributed by atoms with E-state index in [-0.39, 0.29) is 18.8 Å². The van der Waals surface area contributed by atoms with Gasteiger partial charge in [0.1, 0.15) is 5.41 Å². The minimum atomic E-state index is -1.59. The lowest BCUT2D eigenvalue weighted by Crippen LogP contribution is -2.46. The Kier molecular flexibility index (Phi) is 4.46. The highest BCUT2D eigenvalue weighted by molar-refractivity contribution is 6.27. The number of nitrogens with zero attached hydrogens (tertiary/aromatic N) is 1. The van der Waals surface area contributed by atoms with Gasteiger partial charge >= 0.3 is 12.1 Å². The number of rotatable bonds is 3. The van der Waals surface area contributed by atoms with Gasteiger partial charge < -0.3 is 9.47 Å². The zero-order valence-electron chi connectivity index (χ0n) is 14.4. The molecule has 0 fully saturated rings. The smallest absolute Gasteiger partial charge is 0.421 e. The third-order valence-corrected chi connectivity index (χ3v) is 4.26. The molecule has 2 aliphatic rings. The van der Waals surface area contributed by atoms with Gasteiger partial charge in [0.15, 0.2) is 5.78 Å². The molecular formula is C19H17NO6. The van der Waals surface area contributed by atoms with Crippen LogP contribution in [0.15, 0.2) is 48.1 Å². The first-order valence-electron chi connectivity index (χ1n) is 8.20. The van der Waals surface area contributed by atoms with E-state index in [0.29, 0.717) is 11.3 Å². The summed E-state index contributed by atoms with van der Waals surface area (Å²) in [5.74, 6) is -1.89. The van der Waals surface area contributed by atoms with Crippen molar-refractivity contribution in [1.29, 1.82) is 0 Å². The van der Waals surface area contributed by atoms with Gasteiger partial charge in [0.05, 0.1) is 24.5 Å². The monoisotopic (exact) mass is 355 g/mol. The van der Waals surface area contributed by atoms with Crippen LogP contribution >= 0.6 is 0 Å². The van der Waals surface area contributed by atoms with Crippen molar-refractivity contribution in [3.63, 3.8) is 0 Å². The molecule has 1 heterocycles. The highest BCUT2D eigenvalue weighted by Gasteiger charge is 2.57. The summed E-state index contributed by atoms with van der Waals surface area (Å²) in [5, 5.41) is 0. The number of benzene rings is 1. The van der Waals surface area contributed by atoms with Gasteiger partial charge in [-0.2, -0.15) is 0 Å². The maximum absolute atomic E-state index is 13.3.